The molecule has 5 rings (SSSR count). The highest BCUT2D eigenvalue weighted by Gasteiger charge is 2.27. The van der Waals surface area contributed by atoms with Crippen LogP contribution in [0.3, 0.4) is 0 Å². The molecule has 0 saturated carbocycles. The number of rotatable bonds is 4. The highest BCUT2D eigenvalue weighted by Crippen LogP contribution is 2.37. The first-order chi connectivity index (χ1) is 14.2. The van der Waals surface area contributed by atoms with Gasteiger partial charge in [-0.1, -0.05) is 23.5 Å². The molecule has 0 unspecified atom stereocenters. The normalized spacial score (nSPS) is 18.7. The van der Waals surface area contributed by atoms with Crippen molar-refractivity contribution in [1.82, 2.24) is 15.6 Å². The third kappa shape index (κ3) is 3.45. The van der Waals surface area contributed by atoms with Crippen LogP contribution in [-0.2, 0) is 6.42 Å². The number of benzene rings is 2. The zero-order valence-corrected chi connectivity index (χ0v) is 17.2. The molecule has 7 heteroatoms. The number of methoxy groups -OCH3 is 1. The molecule has 1 aliphatic carbocycles. The number of aromatic nitrogens is 1. The van der Waals surface area contributed by atoms with Crippen LogP contribution in [0.1, 0.15) is 33.9 Å². The predicted octanol–water partition coefficient (Wildman–Crippen LogP) is 3.13. The third-order valence-electron chi connectivity index (χ3n) is 5.78. The number of hydrogen-bond donors (Lipinski definition) is 2. The summed E-state index contributed by atoms with van der Waals surface area (Å²) >= 11 is 1.66. The lowest BCUT2D eigenvalue weighted by molar-refractivity contribution is 0.0937. The van der Waals surface area contributed by atoms with E-state index in [1.807, 2.05) is 30.3 Å². The van der Waals surface area contributed by atoms with Crippen LogP contribution in [0.5, 0.6) is 5.75 Å². The molecular weight excluding hydrogens is 384 g/mol. The molecular formula is C22H24N4O2S. The topological polar surface area (TPSA) is 66.5 Å². The van der Waals surface area contributed by atoms with E-state index in [1.165, 1.54) is 5.56 Å². The Morgan fingerprint density at radius 1 is 1.28 bits per heavy atom. The maximum absolute atomic E-state index is 12.9. The molecule has 1 fully saturated rings. The summed E-state index contributed by atoms with van der Waals surface area (Å²) in [4.78, 5) is 20.0. The number of anilines is 1. The second-order valence-corrected chi connectivity index (χ2v) is 8.52. The number of fused-ring (bicyclic) bond motifs is 2. The van der Waals surface area contributed by atoms with E-state index in [2.05, 4.69) is 21.6 Å². The standard InChI is InChI=1S/C22H24N4O2S/c1-28-19-4-2-3-15-16(19)6-8-17(15)24-21(27)14-5-7-18-20(13-14)29-22(25-18)26-11-9-23-10-12-26/h2-5,7,13,17,23H,6,8-12H2,1H3,(H,24,27)/t17-/m1/s1. The molecule has 2 aliphatic rings. The largest absolute Gasteiger partial charge is 0.496 e. The van der Waals surface area contributed by atoms with Gasteiger partial charge in [-0.25, -0.2) is 4.98 Å². The van der Waals surface area contributed by atoms with Crippen LogP contribution in [0.25, 0.3) is 10.2 Å². The van der Waals surface area contributed by atoms with Crippen molar-refractivity contribution >= 4 is 32.6 Å². The van der Waals surface area contributed by atoms with E-state index in [4.69, 9.17) is 9.72 Å². The van der Waals surface area contributed by atoms with Gasteiger partial charge in [-0.15, -0.1) is 0 Å². The van der Waals surface area contributed by atoms with Gasteiger partial charge in [-0.05, 0) is 48.2 Å². The number of nitrogens with one attached hydrogen (secondary N) is 2. The molecule has 3 aromatic rings. The quantitative estimate of drug-likeness (QED) is 0.694. The Balaban J connectivity index is 1.35. The van der Waals surface area contributed by atoms with E-state index < -0.39 is 0 Å². The number of carbonyl (C=O) groups excluding carboxylic acids is 1. The Morgan fingerprint density at radius 3 is 2.97 bits per heavy atom. The molecule has 0 radical (unpaired) electrons. The molecule has 2 heterocycles. The van der Waals surface area contributed by atoms with Gasteiger partial charge in [0.25, 0.3) is 5.91 Å². The lowest BCUT2D eigenvalue weighted by Gasteiger charge is -2.26. The first-order valence-electron chi connectivity index (χ1n) is 10.1. The van der Waals surface area contributed by atoms with Crippen molar-refractivity contribution in [2.45, 2.75) is 18.9 Å². The van der Waals surface area contributed by atoms with Crippen LogP contribution in [0.4, 0.5) is 5.13 Å². The summed E-state index contributed by atoms with van der Waals surface area (Å²) in [5, 5.41) is 7.61. The number of hydrogen-bond acceptors (Lipinski definition) is 6. The van der Waals surface area contributed by atoms with Crippen LogP contribution in [-0.4, -0.2) is 44.2 Å². The van der Waals surface area contributed by atoms with Crippen LogP contribution in [0, 0.1) is 0 Å². The van der Waals surface area contributed by atoms with E-state index in [9.17, 15) is 4.79 Å². The third-order valence-corrected chi connectivity index (χ3v) is 6.86. The fraction of sp³-hybridized carbons (Fsp3) is 0.364. The van der Waals surface area contributed by atoms with Gasteiger partial charge in [0.05, 0.1) is 23.4 Å². The van der Waals surface area contributed by atoms with Gasteiger partial charge in [-0.3, -0.25) is 4.79 Å². The number of thiazole rings is 1. The molecule has 6 nitrogen and oxygen atoms in total. The van der Waals surface area contributed by atoms with E-state index in [-0.39, 0.29) is 11.9 Å². The number of carbonyl (C=O) groups is 1. The van der Waals surface area contributed by atoms with Gasteiger partial charge in [-0.2, -0.15) is 0 Å². The summed E-state index contributed by atoms with van der Waals surface area (Å²) in [6.07, 6.45) is 1.82. The fourth-order valence-corrected chi connectivity index (χ4v) is 5.31. The van der Waals surface area contributed by atoms with Gasteiger partial charge < -0.3 is 20.3 Å². The lowest BCUT2D eigenvalue weighted by atomic mass is 10.1. The van der Waals surface area contributed by atoms with Crippen molar-refractivity contribution in [3.05, 3.63) is 53.1 Å². The first kappa shape index (κ1) is 18.4. The number of ether oxygens (including phenoxy) is 1. The molecule has 1 amide bonds. The molecule has 1 atom stereocenters. The van der Waals surface area contributed by atoms with Gasteiger partial charge in [0, 0.05) is 31.7 Å². The van der Waals surface area contributed by atoms with Crippen molar-refractivity contribution in [3.63, 3.8) is 0 Å². The molecule has 2 aromatic carbocycles. The lowest BCUT2D eigenvalue weighted by Crippen LogP contribution is -2.43. The highest BCUT2D eigenvalue weighted by atomic mass is 32.1. The fourth-order valence-electron chi connectivity index (χ4n) is 4.25. The minimum Gasteiger partial charge on any atom is -0.496 e. The van der Waals surface area contributed by atoms with Gasteiger partial charge in [0.1, 0.15) is 5.75 Å². The van der Waals surface area contributed by atoms with E-state index in [0.29, 0.717) is 5.56 Å². The highest BCUT2D eigenvalue weighted by molar-refractivity contribution is 7.22. The summed E-state index contributed by atoms with van der Waals surface area (Å²) < 4.78 is 6.52. The Morgan fingerprint density at radius 2 is 2.14 bits per heavy atom. The minimum atomic E-state index is -0.0373. The first-order valence-corrected chi connectivity index (χ1v) is 10.9. The summed E-state index contributed by atoms with van der Waals surface area (Å²) in [6.45, 7) is 3.91. The van der Waals surface area contributed by atoms with Gasteiger partial charge in [0.2, 0.25) is 0 Å². The zero-order chi connectivity index (χ0) is 19.8. The van der Waals surface area contributed by atoms with E-state index in [1.54, 1.807) is 18.4 Å². The van der Waals surface area contributed by atoms with Crippen LogP contribution in [0.2, 0.25) is 0 Å². The molecule has 2 N–H and O–H groups in total. The summed E-state index contributed by atoms with van der Waals surface area (Å²) in [7, 11) is 1.69. The Bertz CT molecular complexity index is 1060. The van der Waals surface area contributed by atoms with E-state index >= 15 is 0 Å². The Hall–Kier alpha value is -2.64. The van der Waals surface area contributed by atoms with Gasteiger partial charge in [0.15, 0.2) is 5.13 Å². The van der Waals surface area contributed by atoms with Crippen LogP contribution in [0.15, 0.2) is 36.4 Å². The number of amides is 1. The molecule has 1 aromatic heterocycles. The molecule has 1 saturated heterocycles. The summed E-state index contributed by atoms with van der Waals surface area (Å²) in [5.74, 6) is 0.871. The average Bonchev–Trinajstić information content (AvgIpc) is 3.38. The van der Waals surface area contributed by atoms with Crippen molar-refractivity contribution in [2.24, 2.45) is 0 Å². The minimum absolute atomic E-state index is 0.0289. The summed E-state index contributed by atoms with van der Waals surface area (Å²) in [5.41, 5.74) is 4.01. The second-order valence-electron chi connectivity index (χ2n) is 7.51. The van der Waals surface area contributed by atoms with Crippen molar-refractivity contribution in [1.29, 1.82) is 0 Å². The molecule has 0 spiro atoms. The van der Waals surface area contributed by atoms with E-state index in [0.717, 1.165) is 65.7 Å². The smallest absolute Gasteiger partial charge is 0.251 e. The monoisotopic (exact) mass is 408 g/mol. The average molecular weight is 409 g/mol. The molecule has 29 heavy (non-hydrogen) atoms. The SMILES string of the molecule is COc1cccc2c1CC[C@H]2NC(=O)c1ccc2nc(N3CCNCC3)sc2c1. The Labute approximate surface area is 173 Å². The maximum atomic E-state index is 12.9. The summed E-state index contributed by atoms with van der Waals surface area (Å²) in [6, 6.07) is 11.9. The number of nitrogens with zero attached hydrogens (tertiary/aromatic N) is 2. The van der Waals surface area contributed by atoms with Gasteiger partial charge >= 0.3 is 0 Å². The van der Waals surface area contributed by atoms with Crippen LogP contribution < -0.4 is 20.3 Å². The molecule has 0 bridgehead atoms. The van der Waals surface area contributed by atoms with Crippen molar-refractivity contribution in [3.8, 4) is 5.75 Å². The molecule has 1 aliphatic heterocycles. The maximum Gasteiger partial charge on any atom is 0.251 e. The Kier molecular flexibility index (Phi) is 4.85. The van der Waals surface area contributed by atoms with Crippen LogP contribution >= 0.6 is 11.3 Å². The second kappa shape index (κ2) is 7.65. The van der Waals surface area contributed by atoms with Crippen molar-refractivity contribution < 1.29 is 9.53 Å². The predicted molar refractivity (Wildman–Crippen MR) is 116 cm³/mol. The van der Waals surface area contributed by atoms with Crippen molar-refractivity contribution in [2.75, 3.05) is 38.2 Å². The number of piperazine rings is 1. The zero-order valence-electron chi connectivity index (χ0n) is 16.4. The molecule has 150 valence electrons.